The molecule has 1 fully saturated rings. The number of aromatic nitrogens is 1. The molecule has 1 aromatic heterocycles. The van der Waals surface area contributed by atoms with Crippen molar-refractivity contribution in [3.8, 4) is 0 Å². The largest absolute Gasteiger partial charge is 0.349 e. The molecule has 1 aliphatic carbocycles. The topological polar surface area (TPSA) is 80.0 Å². The number of nitrogens with zero attached hydrogens (tertiary/aromatic N) is 1. The zero-order chi connectivity index (χ0) is 13.7. The van der Waals surface area contributed by atoms with Gasteiger partial charge in [0.25, 0.3) is 5.91 Å². The summed E-state index contributed by atoms with van der Waals surface area (Å²) in [5.74, 6) is 6.30. The minimum atomic E-state index is -0.0438. The number of amides is 1. The van der Waals surface area contributed by atoms with E-state index in [1.165, 1.54) is 25.7 Å². The van der Waals surface area contributed by atoms with E-state index in [2.05, 4.69) is 22.7 Å². The van der Waals surface area contributed by atoms with Gasteiger partial charge in [0.05, 0.1) is 0 Å². The van der Waals surface area contributed by atoms with Gasteiger partial charge in [0.15, 0.2) is 0 Å². The monoisotopic (exact) mass is 262 g/mol. The summed E-state index contributed by atoms with van der Waals surface area (Å²) in [6, 6.07) is 3.64. The van der Waals surface area contributed by atoms with Gasteiger partial charge in [-0.15, -0.1) is 0 Å². The van der Waals surface area contributed by atoms with Gasteiger partial charge < -0.3 is 10.7 Å². The van der Waals surface area contributed by atoms with Gasteiger partial charge in [-0.05, 0) is 30.9 Å². The van der Waals surface area contributed by atoms with Crippen LogP contribution in [0.5, 0.6) is 0 Å². The van der Waals surface area contributed by atoms with Crippen LogP contribution in [0.4, 0.5) is 5.82 Å². The van der Waals surface area contributed by atoms with Crippen LogP contribution in [-0.4, -0.2) is 16.9 Å². The summed E-state index contributed by atoms with van der Waals surface area (Å²) >= 11 is 0. The number of hydrogen-bond donors (Lipinski definition) is 3. The van der Waals surface area contributed by atoms with Crippen molar-refractivity contribution in [2.24, 2.45) is 11.8 Å². The highest BCUT2D eigenvalue weighted by Gasteiger charge is 2.22. The molecule has 19 heavy (non-hydrogen) atoms. The molecule has 5 heteroatoms. The zero-order valence-corrected chi connectivity index (χ0v) is 11.4. The van der Waals surface area contributed by atoms with E-state index in [1.54, 1.807) is 18.3 Å². The van der Waals surface area contributed by atoms with Gasteiger partial charge in [0.2, 0.25) is 0 Å². The van der Waals surface area contributed by atoms with Gasteiger partial charge in [-0.2, -0.15) is 0 Å². The number of nitrogens with two attached hydrogens (primary N) is 1. The number of anilines is 1. The van der Waals surface area contributed by atoms with Crippen molar-refractivity contribution in [2.45, 2.75) is 45.1 Å². The third-order valence-corrected chi connectivity index (χ3v) is 3.85. The number of nitrogen functional groups attached to an aromatic ring is 1. The van der Waals surface area contributed by atoms with Crippen LogP contribution in [0.1, 0.15) is 49.4 Å². The highest BCUT2D eigenvalue weighted by molar-refractivity contribution is 5.94. The average molecular weight is 262 g/mol. The Kier molecular flexibility index (Phi) is 4.74. The van der Waals surface area contributed by atoms with Crippen molar-refractivity contribution >= 4 is 11.7 Å². The van der Waals surface area contributed by atoms with E-state index in [1.807, 2.05) is 0 Å². The van der Waals surface area contributed by atoms with E-state index in [0.717, 1.165) is 6.42 Å². The summed E-state index contributed by atoms with van der Waals surface area (Å²) in [6.45, 7) is 2.22. The Morgan fingerprint density at radius 2 is 2.16 bits per heavy atom. The minimum Gasteiger partial charge on any atom is -0.349 e. The fourth-order valence-electron chi connectivity index (χ4n) is 2.61. The quantitative estimate of drug-likeness (QED) is 0.442. The molecule has 104 valence electrons. The summed E-state index contributed by atoms with van der Waals surface area (Å²) < 4.78 is 0. The second-order valence-electron chi connectivity index (χ2n) is 5.27. The third kappa shape index (κ3) is 3.67. The minimum absolute atomic E-state index is 0.0438. The maximum Gasteiger partial charge on any atom is 0.251 e. The number of nitrogens with one attached hydrogen (secondary N) is 2. The zero-order valence-electron chi connectivity index (χ0n) is 11.4. The first-order valence-corrected chi connectivity index (χ1v) is 6.94. The van der Waals surface area contributed by atoms with Gasteiger partial charge in [0.1, 0.15) is 5.82 Å². The molecule has 1 aromatic rings. The first-order valence-electron chi connectivity index (χ1n) is 6.94. The molecule has 1 amide bonds. The average Bonchev–Trinajstić information content (AvgIpc) is 2.64. The Labute approximate surface area is 114 Å². The predicted octanol–water partition coefficient (Wildman–Crippen LogP) is 2.07. The number of hydrazine groups is 1. The van der Waals surface area contributed by atoms with Gasteiger partial charge >= 0.3 is 0 Å². The highest BCUT2D eigenvalue weighted by Crippen LogP contribution is 2.23. The standard InChI is InChI=1S/C14H22N4O/c1-10-5-3-2-4-6-12(10)17-14(19)11-7-8-16-13(9-11)18-15/h7-10,12H,2-6,15H2,1H3,(H,16,18)(H,17,19). The lowest BCUT2D eigenvalue weighted by molar-refractivity contribution is 0.0921. The van der Waals surface area contributed by atoms with Crippen LogP contribution >= 0.6 is 0 Å². The summed E-state index contributed by atoms with van der Waals surface area (Å²) in [7, 11) is 0. The molecule has 2 unspecified atom stereocenters. The van der Waals surface area contributed by atoms with Crippen LogP contribution in [0.15, 0.2) is 18.3 Å². The molecule has 2 rings (SSSR count). The maximum atomic E-state index is 12.2. The van der Waals surface area contributed by atoms with E-state index >= 15 is 0 Å². The molecule has 5 nitrogen and oxygen atoms in total. The molecule has 1 aliphatic rings. The smallest absolute Gasteiger partial charge is 0.251 e. The molecule has 0 aliphatic heterocycles. The Bertz CT molecular complexity index is 435. The predicted molar refractivity (Wildman–Crippen MR) is 75.6 cm³/mol. The lowest BCUT2D eigenvalue weighted by Crippen LogP contribution is -2.38. The Hall–Kier alpha value is -1.62. The number of rotatable bonds is 3. The molecule has 0 saturated heterocycles. The Morgan fingerprint density at radius 3 is 2.95 bits per heavy atom. The molecular formula is C14H22N4O. The molecular weight excluding hydrogens is 240 g/mol. The number of hydrogen-bond acceptors (Lipinski definition) is 4. The van der Waals surface area contributed by atoms with Crippen molar-refractivity contribution in [1.29, 1.82) is 0 Å². The SMILES string of the molecule is CC1CCCCCC1NC(=O)c1ccnc(NN)c1. The summed E-state index contributed by atoms with van der Waals surface area (Å²) in [5.41, 5.74) is 3.05. The van der Waals surface area contributed by atoms with Crippen molar-refractivity contribution < 1.29 is 4.79 Å². The second-order valence-corrected chi connectivity index (χ2v) is 5.27. The van der Waals surface area contributed by atoms with Gasteiger partial charge in [0, 0.05) is 17.8 Å². The van der Waals surface area contributed by atoms with Gasteiger partial charge in [-0.1, -0.05) is 26.2 Å². The normalized spacial score (nSPS) is 23.5. The summed E-state index contributed by atoms with van der Waals surface area (Å²) in [4.78, 5) is 16.2. The lowest BCUT2D eigenvalue weighted by Gasteiger charge is -2.22. The van der Waals surface area contributed by atoms with E-state index in [0.29, 0.717) is 17.3 Å². The molecule has 4 N–H and O–H groups in total. The Morgan fingerprint density at radius 1 is 1.37 bits per heavy atom. The van der Waals surface area contributed by atoms with Crippen molar-refractivity contribution in [3.63, 3.8) is 0 Å². The summed E-state index contributed by atoms with van der Waals surface area (Å²) in [6.07, 6.45) is 7.58. The molecule has 1 heterocycles. The van der Waals surface area contributed by atoms with E-state index < -0.39 is 0 Å². The molecule has 2 atom stereocenters. The Balaban J connectivity index is 2.02. The van der Waals surface area contributed by atoms with Crippen molar-refractivity contribution in [2.75, 3.05) is 5.43 Å². The van der Waals surface area contributed by atoms with Gasteiger partial charge in [-0.3, -0.25) is 4.79 Å². The third-order valence-electron chi connectivity index (χ3n) is 3.85. The van der Waals surface area contributed by atoms with E-state index in [-0.39, 0.29) is 11.9 Å². The molecule has 0 spiro atoms. The molecule has 0 aromatic carbocycles. The van der Waals surface area contributed by atoms with Crippen LogP contribution < -0.4 is 16.6 Å². The van der Waals surface area contributed by atoms with E-state index in [9.17, 15) is 4.79 Å². The molecule has 1 saturated carbocycles. The number of carbonyl (C=O) groups excluding carboxylic acids is 1. The van der Waals surface area contributed by atoms with Crippen LogP contribution in [0, 0.1) is 5.92 Å². The van der Waals surface area contributed by atoms with E-state index in [4.69, 9.17) is 5.84 Å². The fourth-order valence-corrected chi connectivity index (χ4v) is 2.61. The molecule has 0 radical (unpaired) electrons. The molecule has 0 bridgehead atoms. The number of pyridine rings is 1. The van der Waals surface area contributed by atoms with Crippen LogP contribution in [0.2, 0.25) is 0 Å². The number of carbonyl (C=O) groups is 1. The summed E-state index contributed by atoms with van der Waals surface area (Å²) in [5, 5.41) is 3.14. The van der Waals surface area contributed by atoms with Crippen LogP contribution in [0.25, 0.3) is 0 Å². The first kappa shape index (κ1) is 13.8. The first-order chi connectivity index (χ1) is 9.20. The fraction of sp³-hybridized carbons (Fsp3) is 0.571. The highest BCUT2D eigenvalue weighted by atomic mass is 16.1. The van der Waals surface area contributed by atoms with Crippen molar-refractivity contribution in [1.82, 2.24) is 10.3 Å². The maximum absolute atomic E-state index is 12.2. The van der Waals surface area contributed by atoms with Gasteiger partial charge in [-0.25, -0.2) is 10.8 Å². The van der Waals surface area contributed by atoms with Crippen LogP contribution in [0.3, 0.4) is 0 Å². The van der Waals surface area contributed by atoms with Crippen LogP contribution in [-0.2, 0) is 0 Å². The lowest BCUT2D eigenvalue weighted by atomic mass is 9.96. The van der Waals surface area contributed by atoms with Crippen molar-refractivity contribution in [3.05, 3.63) is 23.9 Å². The second kappa shape index (κ2) is 6.52.